The topological polar surface area (TPSA) is 37.8 Å². The third-order valence-electron chi connectivity index (χ3n) is 3.17. The zero-order valence-corrected chi connectivity index (χ0v) is 10.1. The first-order valence-corrected chi connectivity index (χ1v) is 6.71. The van der Waals surface area contributed by atoms with Gasteiger partial charge in [0.05, 0.1) is 5.39 Å². The summed E-state index contributed by atoms with van der Waals surface area (Å²) in [5.74, 6) is 1.86. The fourth-order valence-corrected chi connectivity index (χ4v) is 2.93. The molecule has 2 aromatic heterocycles. The molecule has 0 aliphatic heterocycles. The second-order valence-corrected chi connectivity index (χ2v) is 5.29. The highest BCUT2D eigenvalue weighted by Gasteiger charge is 2.36. The van der Waals surface area contributed by atoms with Crippen LogP contribution in [0.1, 0.15) is 26.2 Å². The normalized spacial score (nSPS) is 23.6. The van der Waals surface area contributed by atoms with Crippen molar-refractivity contribution < 1.29 is 0 Å². The Morgan fingerprint density at radius 2 is 2.44 bits per heavy atom. The van der Waals surface area contributed by atoms with Gasteiger partial charge in [-0.1, -0.05) is 13.3 Å². The van der Waals surface area contributed by atoms with E-state index in [1.54, 1.807) is 17.7 Å². The maximum Gasteiger partial charge on any atom is 0.138 e. The molecule has 1 N–H and O–H groups in total. The molecule has 4 heteroatoms. The van der Waals surface area contributed by atoms with Gasteiger partial charge < -0.3 is 5.32 Å². The SMILES string of the molecule is CCCC1CC1Nc1ncnc2sccc12. The van der Waals surface area contributed by atoms with Crippen LogP contribution in [-0.4, -0.2) is 16.0 Å². The first kappa shape index (κ1) is 10.0. The van der Waals surface area contributed by atoms with Crippen LogP contribution in [0, 0.1) is 5.92 Å². The lowest BCUT2D eigenvalue weighted by Gasteiger charge is -2.05. The molecule has 2 atom stereocenters. The number of rotatable bonds is 4. The fraction of sp³-hybridized carbons (Fsp3) is 0.500. The largest absolute Gasteiger partial charge is 0.366 e. The number of fused-ring (bicyclic) bond motifs is 1. The molecule has 0 radical (unpaired) electrons. The summed E-state index contributed by atoms with van der Waals surface area (Å²) < 4.78 is 0. The molecule has 1 aliphatic carbocycles. The number of nitrogens with one attached hydrogen (secondary N) is 1. The third-order valence-corrected chi connectivity index (χ3v) is 3.99. The molecule has 0 bridgehead atoms. The highest BCUT2D eigenvalue weighted by Crippen LogP contribution is 2.38. The van der Waals surface area contributed by atoms with Crippen LogP contribution in [0.5, 0.6) is 0 Å². The number of hydrogen-bond acceptors (Lipinski definition) is 4. The monoisotopic (exact) mass is 233 g/mol. The lowest BCUT2D eigenvalue weighted by molar-refractivity contribution is 0.692. The predicted molar refractivity (Wildman–Crippen MR) is 67.8 cm³/mol. The summed E-state index contributed by atoms with van der Waals surface area (Å²) in [6.07, 6.45) is 5.55. The Morgan fingerprint density at radius 3 is 3.31 bits per heavy atom. The zero-order chi connectivity index (χ0) is 11.0. The van der Waals surface area contributed by atoms with Crippen LogP contribution in [0.3, 0.4) is 0 Å². The second kappa shape index (κ2) is 4.01. The molecule has 2 unspecified atom stereocenters. The van der Waals surface area contributed by atoms with E-state index in [1.165, 1.54) is 19.3 Å². The van der Waals surface area contributed by atoms with Gasteiger partial charge in [0.1, 0.15) is 17.0 Å². The van der Waals surface area contributed by atoms with E-state index in [4.69, 9.17) is 0 Å². The summed E-state index contributed by atoms with van der Waals surface area (Å²) in [6.45, 7) is 2.25. The molecule has 1 saturated carbocycles. The van der Waals surface area contributed by atoms with Gasteiger partial charge in [0, 0.05) is 6.04 Å². The number of nitrogens with zero attached hydrogens (tertiary/aromatic N) is 2. The Labute approximate surface area is 98.9 Å². The maximum atomic E-state index is 4.34. The van der Waals surface area contributed by atoms with Crippen LogP contribution in [0.15, 0.2) is 17.8 Å². The molecule has 84 valence electrons. The van der Waals surface area contributed by atoms with Gasteiger partial charge in [-0.25, -0.2) is 9.97 Å². The predicted octanol–water partition coefficient (Wildman–Crippen LogP) is 3.29. The van der Waals surface area contributed by atoms with Gasteiger partial charge in [-0.2, -0.15) is 0 Å². The smallest absolute Gasteiger partial charge is 0.138 e. The molecule has 2 heterocycles. The summed E-state index contributed by atoms with van der Waals surface area (Å²) in [7, 11) is 0. The molecule has 2 aromatic rings. The summed E-state index contributed by atoms with van der Waals surface area (Å²) in [5.41, 5.74) is 0. The lowest BCUT2D eigenvalue weighted by Crippen LogP contribution is -2.06. The van der Waals surface area contributed by atoms with E-state index in [0.717, 1.165) is 22.0 Å². The number of hydrogen-bond donors (Lipinski definition) is 1. The molecule has 3 rings (SSSR count). The van der Waals surface area contributed by atoms with Crippen molar-refractivity contribution in [2.75, 3.05) is 5.32 Å². The first-order valence-electron chi connectivity index (χ1n) is 5.83. The van der Waals surface area contributed by atoms with E-state index >= 15 is 0 Å². The molecule has 0 saturated heterocycles. The first-order chi connectivity index (χ1) is 7.88. The van der Waals surface area contributed by atoms with E-state index in [-0.39, 0.29) is 0 Å². The van der Waals surface area contributed by atoms with Crippen molar-refractivity contribution >= 4 is 27.4 Å². The summed E-state index contributed by atoms with van der Waals surface area (Å²) >= 11 is 1.67. The van der Waals surface area contributed by atoms with Crippen molar-refractivity contribution in [2.24, 2.45) is 5.92 Å². The zero-order valence-electron chi connectivity index (χ0n) is 9.31. The minimum atomic E-state index is 0.637. The fourth-order valence-electron chi connectivity index (χ4n) is 2.19. The van der Waals surface area contributed by atoms with Crippen LogP contribution >= 0.6 is 11.3 Å². The van der Waals surface area contributed by atoms with Crippen molar-refractivity contribution in [2.45, 2.75) is 32.2 Å². The van der Waals surface area contributed by atoms with Gasteiger partial charge in [0.2, 0.25) is 0 Å². The molecular formula is C12H15N3S. The standard InChI is InChI=1S/C12H15N3S/c1-2-3-8-6-10(8)15-11-9-4-5-16-12(9)14-7-13-11/h4-5,7-8,10H,2-3,6H2,1H3,(H,13,14,15). The van der Waals surface area contributed by atoms with Crippen molar-refractivity contribution in [3.63, 3.8) is 0 Å². The molecule has 1 fully saturated rings. The molecule has 0 aromatic carbocycles. The van der Waals surface area contributed by atoms with Gasteiger partial charge in [0.25, 0.3) is 0 Å². The van der Waals surface area contributed by atoms with Crippen LogP contribution in [-0.2, 0) is 0 Å². The average Bonchev–Trinajstić information content (AvgIpc) is 2.83. The van der Waals surface area contributed by atoms with Gasteiger partial charge in [-0.3, -0.25) is 0 Å². The number of aromatic nitrogens is 2. The Kier molecular flexibility index (Phi) is 2.52. The number of anilines is 1. The molecule has 16 heavy (non-hydrogen) atoms. The Balaban J connectivity index is 1.77. The highest BCUT2D eigenvalue weighted by molar-refractivity contribution is 7.16. The Bertz CT molecular complexity index is 494. The van der Waals surface area contributed by atoms with Gasteiger partial charge in [0.15, 0.2) is 0 Å². The van der Waals surface area contributed by atoms with Crippen LogP contribution < -0.4 is 5.32 Å². The van der Waals surface area contributed by atoms with Crippen LogP contribution in [0.25, 0.3) is 10.2 Å². The molecule has 1 aliphatic rings. The minimum Gasteiger partial charge on any atom is -0.366 e. The molecule has 0 amide bonds. The van der Waals surface area contributed by atoms with Gasteiger partial charge >= 0.3 is 0 Å². The quantitative estimate of drug-likeness (QED) is 0.880. The summed E-state index contributed by atoms with van der Waals surface area (Å²) in [5, 5.41) is 6.77. The number of thiophene rings is 1. The molecule has 0 spiro atoms. The van der Waals surface area contributed by atoms with Crippen molar-refractivity contribution in [1.29, 1.82) is 0 Å². The Hall–Kier alpha value is -1.16. The van der Waals surface area contributed by atoms with Crippen molar-refractivity contribution in [3.05, 3.63) is 17.8 Å². The minimum absolute atomic E-state index is 0.637. The van der Waals surface area contributed by atoms with Crippen LogP contribution in [0.4, 0.5) is 5.82 Å². The van der Waals surface area contributed by atoms with Gasteiger partial charge in [-0.15, -0.1) is 11.3 Å². The lowest BCUT2D eigenvalue weighted by atomic mass is 10.2. The molecule has 3 nitrogen and oxygen atoms in total. The summed E-state index contributed by atoms with van der Waals surface area (Å²) in [4.78, 5) is 9.66. The van der Waals surface area contributed by atoms with Crippen molar-refractivity contribution in [3.8, 4) is 0 Å². The average molecular weight is 233 g/mol. The van der Waals surface area contributed by atoms with Crippen LogP contribution in [0.2, 0.25) is 0 Å². The van der Waals surface area contributed by atoms with E-state index in [1.807, 2.05) is 0 Å². The van der Waals surface area contributed by atoms with Crippen molar-refractivity contribution in [1.82, 2.24) is 9.97 Å². The van der Waals surface area contributed by atoms with Gasteiger partial charge in [-0.05, 0) is 30.2 Å². The highest BCUT2D eigenvalue weighted by atomic mass is 32.1. The van der Waals surface area contributed by atoms with E-state index in [0.29, 0.717) is 6.04 Å². The van der Waals surface area contributed by atoms with E-state index < -0.39 is 0 Å². The molecular weight excluding hydrogens is 218 g/mol. The Morgan fingerprint density at radius 1 is 1.50 bits per heavy atom. The van der Waals surface area contributed by atoms with E-state index in [2.05, 4.69) is 33.7 Å². The second-order valence-electron chi connectivity index (χ2n) is 4.40. The maximum absolute atomic E-state index is 4.34. The summed E-state index contributed by atoms with van der Waals surface area (Å²) in [6, 6.07) is 2.73. The third kappa shape index (κ3) is 1.78. The van der Waals surface area contributed by atoms with E-state index in [9.17, 15) is 0 Å².